The van der Waals surface area contributed by atoms with Crippen LogP contribution in [0.15, 0.2) is 42.5 Å². The smallest absolute Gasteiger partial charge is 0.408 e. The highest BCUT2D eigenvalue weighted by molar-refractivity contribution is 5.99. The fourth-order valence-corrected chi connectivity index (χ4v) is 3.77. The van der Waals surface area contributed by atoms with Crippen LogP contribution in [0, 0.1) is 32.2 Å². The summed E-state index contributed by atoms with van der Waals surface area (Å²) in [4.78, 5) is 41.3. The molecule has 3 unspecified atom stereocenters. The number of hydrogen-bond acceptors (Lipinski definition) is 5. The average molecular weight is 522 g/mol. The SMILES string of the molecule is C#CN(C(=O)C(NC(=O)OC(C)(C)C)C(C)CC)C(C(=O)Nc1ccc(OC)cc1)c1ccc(C)c(C)c1. The summed E-state index contributed by atoms with van der Waals surface area (Å²) in [5, 5.41) is 5.53. The van der Waals surface area contributed by atoms with Gasteiger partial charge in [-0.2, -0.15) is 0 Å². The first-order chi connectivity index (χ1) is 17.8. The molecule has 0 aliphatic heterocycles. The number of nitrogens with one attached hydrogen (secondary N) is 2. The quantitative estimate of drug-likeness (QED) is 0.343. The molecule has 0 aliphatic carbocycles. The summed E-state index contributed by atoms with van der Waals surface area (Å²) in [5.74, 6) is -0.722. The second-order valence-corrected chi connectivity index (χ2v) is 10.3. The molecule has 0 radical (unpaired) electrons. The second-order valence-electron chi connectivity index (χ2n) is 10.3. The van der Waals surface area contributed by atoms with Gasteiger partial charge in [-0.3, -0.25) is 14.5 Å². The molecule has 204 valence electrons. The van der Waals surface area contributed by atoms with Gasteiger partial charge in [-0.1, -0.05) is 44.9 Å². The van der Waals surface area contributed by atoms with E-state index in [9.17, 15) is 14.4 Å². The Balaban J connectivity index is 2.50. The third kappa shape index (κ3) is 8.01. The van der Waals surface area contributed by atoms with Crippen molar-refractivity contribution in [1.29, 1.82) is 0 Å². The van der Waals surface area contributed by atoms with Crippen LogP contribution in [0.5, 0.6) is 5.75 Å². The molecule has 0 saturated heterocycles. The lowest BCUT2D eigenvalue weighted by atomic mass is 9.95. The van der Waals surface area contributed by atoms with Gasteiger partial charge in [-0.25, -0.2) is 4.79 Å². The second kappa shape index (κ2) is 13.0. The topological polar surface area (TPSA) is 97.0 Å². The van der Waals surface area contributed by atoms with E-state index >= 15 is 0 Å². The molecule has 0 aromatic heterocycles. The van der Waals surface area contributed by atoms with Crippen LogP contribution in [0.1, 0.15) is 63.8 Å². The maximum atomic E-state index is 13.9. The molecule has 3 amide bonds. The van der Waals surface area contributed by atoms with Crippen LogP contribution in [0.3, 0.4) is 0 Å². The zero-order valence-corrected chi connectivity index (χ0v) is 23.5. The van der Waals surface area contributed by atoms with Crippen molar-refractivity contribution in [3.63, 3.8) is 0 Å². The van der Waals surface area contributed by atoms with Gasteiger partial charge in [0.1, 0.15) is 23.4 Å². The summed E-state index contributed by atoms with van der Waals surface area (Å²) < 4.78 is 10.6. The van der Waals surface area contributed by atoms with Crippen molar-refractivity contribution in [3.8, 4) is 18.2 Å². The van der Waals surface area contributed by atoms with E-state index in [1.165, 1.54) is 0 Å². The van der Waals surface area contributed by atoms with Gasteiger partial charge in [0.25, 0.3) is 11.8 Å². The van der Waals surface area contributed by atoms with Crippen molar-refractivity contribution in [3.05, 3.63) is 59.2 Å². The number of terminal acetylenes is 1. The summed E-state index contributed by atoms with van der Waals surface area (Å²) in [6, 6.07) is 12.6. The third-order valence-corrected chi connectivity index (χ3v) is 6.24. The Kier molecular flexibility index (Phi) is 10.3. The first-order valence-electron chi connectivity index (χ1n) is 12.6. The number of amides is 3. The molecule has 0 aliphatic rings. The highest BCUT2D eigenvalue weighted by Gasteiger charge is 2.38. The molecule has 0 spiro atoms. The maximum Gasteiger partial charge on any atom is 0.408 e. The van der Waals surface area contributed by atoms with Gasteiger partial charge in [0.05, 0.1) is 7.11 Å². The molecule has 2 aromatic carbocycles. The standard InChI is InChI=1S/C30H39N3O5/c1-10-19(3)25(32-29(36)38-30(6,7)8)28(35)33(11-2)26(22-13-12-20(4)21(5)18-22)27(34)31-23-14-16-24(37-9)17-15-23/h2,12-19,25-26H,10H2,1,3-9H3,(H,31,34)(H,32,36). The fraction of sp³-hybridized carbons (Fsp3) is 0.433. The van der Waals surface area contributed by atoms with Crippen LogP contribution >= 0.6 is 0 Å². The predicted octanol–water partition coefficient (Wildman–Crippen LogP) is 5.35. The summed E-state index contributed by atoms with van der Waals surface area (Å²) >= 11 is 0. The van der Waals surface area contributed by atoms with Gasteiger partial charge in [0.15, 0.2) is 0 Å². The van der Waals surface area contributed by atoms with Crippen LogP contribution in [0.4, 0.5) is 10.5 Å². The first kappa shape index (κ1) is 30.2. The molecule has 3 atom stereocenters. The number of anilines is 1. The molecule has 8 heteroatoms. The third-order valence-electron chi connectivity index (χ3n) is 6.24. The molecular formula is C30H39N3O5. The number of benzene rings is 2. The van der Waals surface area contributed by atoms with Crippen molar-refractivity contribution in [2.45, 2.75) is 72.6 Å². The van der Waals surface area contributed by atoms with E-state index in [0.29, 0.717) is 23.4 Å². The Labute approximate surface area is 226 Å². The van der Waals surface area contributed by atoms with Gasteiger partial charge in [0, 0.05) is 11.7 Å². The van der Waals surface area contributed by atoms with E-state index in [2.05, 4.69) is 16.7 Å². The molecule has 38 heavy (non-hydrogen) atoms. The van der Waals surface area contributed by atoms with Gasteiger partial charge in [0.2, 0.25) is 0 Å². The number of carbonyl (C=O) groups excluding carboxylic acids is 3. The Morgan fingerprint density at radius 1 is 1.05 bits per heavy atom. The monoisotopic (exact) mass is 521 g/mol. The highest BCUT2D eigenvalue weighted by atomic mass is 16.6. The summed E-state index contributed by atoms with van der Waals surface area (Å²) in [6.07, 6.45) is 5.72. The lowest BCUT2D eigenvalue weighted by molar-refractivity contribution is -0.137. The van der Waals surface area contributed by atoms with Crippen molar-refractivity contribution in [2.75, 3.05) is 12.4 Å². The Morgan fingerprint density at radius 2 is 1.68 bits per heavy atom. The van der Waals surface area contributed by atoms with Crippen molar-refractivity contribution >= 4 is 23.6 Å². The molecule has 2 rings (SSSR count). The molecule has 0 saturated carbocycles. The Bertz CT molecular complexity index is 1180. The van der Waals surface area contributed by atoms with E-state index in [-0.39, 0.29) is 5.92 Å². The summed E-state index contributed by atoms with van der Waals surface area (Å²) in [6.45, 7) is 12.8. The minimum Gasteiger partial charge on any atom is -0.497 e. The molecule has 0 bridgehead atoms. The number of methoxy groups -OCH3 is 1. The van der Waals surface area contributed by atoms with Gasteiger partial charge in [-0.15, -0.1) is 0 Å². The Morgan fingerprint density at radius 3 is 2.18 bits per heavy atom. The van der Waals surface area contributed by atoms with Crippen molar-refractivity contribution < 1.29 is 23.9 Å². The van der Waals surface area contributed by atoms with Gasteiger partial charge in [-0.05, 0) is 81.5 Å². The van der Waals surface area contributed by atoms with Gasteiger partial charge >= 0.3 is 6.09 Å². The average Bonchev–Trinajstić information content (AvgIpc) is 2.86. The van der Waals surface area contributed by atoms with Crippen LogP contribution < -0.4 is 15.4 Å². The molecule has 0 heterocycles. The molecule has 2 aromatic rings. The number of ether oxygens (including phenoxy) is 2. The van der Waals surface area contributed by atoms with Crippen LogP contribution in [-0.2, 0) is 14.3 Å². The largest absolute Gasteiger partial charge is 0.497 e. The number of aryl methyl sites for hydroxylation is 2. The number of carbonyl (C=O) groups is 3. The van der Waals surface area contributed by atoms with Crippen LogP contribution in [0.2, 0.25) is 0 Å². The zero-order valence-electron chi connectivity index (χ0n) is 23.5. The predicted molar refractivity (Wildman–Crippen MR) is 149 cm³/mol. The van der Waals surface area contributed by atoms with Crippen molar-refractivity contribution in [2.24, 2.45) is 5.92 Å². The van der Waals surface area contributed by atoms with E-state index in [1.54, 1.807) is 58.2 Å². The van der Waals surface area contributed by atoms with E-state index < -0.39 is 35.6 Å². The summed E-state index contributed by atoms with van der Waals surface area (Å²) in [7, 11) is 1.55. The molecular weight excluding hydrogens is 482 g/mol. The molecule has 8 nitrogen and oxygen atoms in total. The lowest BCUT2D eigenvalue weighted by Crippen LogP contribution is -2.53. The van der Waals surface area contributed by atoms with Crippen LogP contribution in [-0.4, -0.2) is 41.6 Å². The van der Waals surface area contributed by atoms with Crippen LogP contribution in [0.25, 0.3) is 0 Å². The normalized spacial score (nSPS) is 13.3. The van der Waals surface area contributed by atoms with Gasteiger partial charge < -0.3 is 20.1 Å². The van der Waals surface area contributed by atoms with Crippen molar-refractivity contribution in [1.82, 2.24) is 10.2 Å². The minimum absolute atomic E-state index is 0.282. The fourth-order valence-electron chi connectivity index (χ4n) is 3.77. The molecule has 0 fully saturated rings. The number of hydrogen-bond donors (Lipinski definition) is 2. The molecule has 2 N–H and O–H groups in total. The number of rotatable bonds is 9. The number of nitrogens with zero attached hydrogens (tertiary/aromatic N) is 1. The number of alkyl carbamates (subject to hydrolysis) is 1. The zero-order chi connectivity index (χ0) is 28.6. The Hall–Kier alpha value is -3.99. The van der Waals surface area contributed by atoms with E-state index in [1.807, 2.05) is 39.8 Å². The summed E-state index contributed by atoms with van der Waals surface area (Å²) in [5.41, 5.74) is 2.29. The first-order valence-corrected chi connectivity index (χ1v) is 12.6. The lowest BCUT2D eigenvalue weighted by Gasteiger charge is -2.32. The van der Waals surface area contributed by atoms with E-state index in [0.717, 1.165) is 16.0 Å². The minimum atomic E-state index is -1.15. The van der Waals surface area contributed by atoms with E-state index in [4.69, 9.17) is 15.9 Å². The highest BCUT2D eigenvalue weighted by Crippen LogP contribution is 2.27. The maximum absolute atomic E-state index is 13.9.